The number of hydrogen-bond acceptors (Lipinski definition) is 4. The van der Waals surface area contributed by atoms with Crippen molar-refractivity contribution in [3.8, 4) is 0 Å². The Kier molecular flexibility index (Phi) is 3.79. The highest BCUT2D eigenvalue weighted by molar-refractivity contribution is 6.46. The summed E-state index contributed by atoms with van der Waals surface area (Å²) >= 11 is 0. The lowest BCUT2D eigenvalue weighted by atomic mass is 9.78. The summed E-state index contributed by atoms with van der Waals surface area (Å²) in [4.78, 5) is 4.06. The lowest BCUT2D eigenvalue weighted by Crippen LogP contribution is -2.59. The van der Waals surface area contributed by atoms with Gasteiger partial charge in [0.05, 0.1) is 0 Å². The van der Waals surface area contributed by atoms with Crippen LogP contribution in [0.1, 0.15) is 6.92 Å². The fraction of sp³-hybridized carbons (Fsp3) is 1.00. The van der Waals surface area contributed by atoms with Crippen LogP contribution >= 0.6 is 0 Å². The van der Waals surface area contributed by atoms with Crippen LogP contribution in [-0.4, -0.2) is 59.4 Å². The minimum absolute atomic E-state index is 0.309. The van der Waals surface area contributed by atoms with Gasteiger partial charge >= 0.3 is 14.1 Å². The van der Waals surface area contributed by atoms with Crippen LogP contribution in [0.5, 0.6) is 0 Å². The third-order valence-corrected chi connectivity index (χ3v) is 2.72. The molecule has 6 heteroatoms. The Morgan fingerprint density at radius 1 is 1.15 bits per heavy atom. The molecule has 1 fully saturated rings. The molecule has 1 aliphatic heterocycles. The number of piperazine rings is 1. The lowest BCUT2D eigenvalue weighted by Gasteiger charge is -2.41. The third-order valence-electron chi connectivity index (χ3n) is 2.72. The molecule has 0 aromatic carbocycles. The average Bonchev–Trinajstić information content (AvgIpc) is 2.03. The topological polar surface area (TPSA) is 46.9 Å². The Morgan fingerprint density at radius 3 is 2.15 bits per heavy atom. The molecule has 1 atom stereocenters. The Bertz CT molecular complexity index is 169. The summed E-state index contributed by atoms with van der Waals surface area (Å²) in [6, 6.07) is 0.309. The molecule has 1 heterocycles. The van der Waals surface area contributed by atoms with Gasteiger partial charge in [-0.1, -0.05) is 0 Å². The van der Waals surface area contributed by atoms with Gasteiger partial charge in [0.1, 0.15) is 0 Å². The number of rotatable bonds is 2. The standard InChI is InChI=1S/C7H18B2N2O2/c1-7-6-10(8(2)12)4-5-11(7)9(3)13/h7,12-13H,4-6H2,1-3H3/t7-/m0/s1. The molecule has 0 radical (unpaired) electrons. The molecule has 1 rings (SSSR count). The summed E-state index contributed by atoms with van der Waals surface area (Å²) in [5, 5.41) is 18.8. The average molecular weight is 184 g/mol. The van der Waals surface area contributed by atoms with Gasteiger partial charge in [-0.25, -0.2) is 0 Å². The molecule has 0 amide bonds. The maximum atomic E-state index is 9.42. The Balaban J connectivity index is 2.46. The van der Waals surface area contributed by atoms with Gasteiger partial charge in [0.25, 0.3) is 0 Å². The first-order chi connectivity index (χ1) is 6.02. The Morgan fingerprint density at radius 2 is 1.77 bits per heavy atom. The van der Waals surface area contributed by atoms with Crippen molar-refractivity contribution in [2.75, 3.05) is 19.6 Å². The normalized spacial score (nSPS) is 26.1. The fourth-order valence-corrected chi connectivity index (χ4v) is 1.89. The van der Waals surface area contributed by atoms with E-state index in [2.05, 4.69) is 6.92 Å². The molecule has 0 spiro atoms. The molecule has 13 heavy (non-hydrogen) atoms. The number of hydrogen-bond donors (Lipinski definition) is 2. The van der Waals surface area contributed by atoms with Crippen LogP contribution in [0.4, 0.5) is 0 Å². The summed E-state index contributed by atoms with van der Waals surface area (Å²) in [5.74, 6) is 0. The van der Waals surface area contributed by atoms with Gasteiger partial charge in [0.2, 0.25) is 0 Å². The molecule has 0 aromatic rings. The van der Waals surface area contributed by atoms with Crippen LogP contribution < -0.4 is 0 Å². The van der Waals surface area contributed by atoms with Crippen LogP contribution in [0.3, 0.4) is 0 Å². The first-order valence-electron chi connectivity index (χ1n) is 4.88. The van der Waals surface area contributed by atoms with Crippen molar-refractivity contribution in [3.63, 3.8) is 0 Å². The van der Waals surface area contributed by atoms with Crippen LogP contribution in [-0.2, 0) is 0 Å². The molecule has 0 bridgehead atoms. The monoisotopic (exact) mass is 184 g/mol. The third kappa shape index (κ3) is 2.71. The van der Waals surface area contributed by atoms with E-state index in [1.807, 2.05) is 9.62 Å². The zero-order valence-corrected chi connectivity index (χ0v) is 8.64. The highest BCUT2D eigenvalue weighted by atomic mass is 16.2. The molecule has 0 aliphatic carbocycles. The van der Waals surface area contributed by atoms with E-state index in [9.17, 15) is 10.0 Å². The summed E-state index contributed by atoms with van der Waals surface area (Å²) in [6.07, 6.45) is 0. The van der Waals surface area contributed by atoms with Gasteiger partial charge in [-0.3, -0.25) is 0 Å². The van der Waals surface area contributed by atoms with Crippen molar-refractivity contribution in [2.45, 2.75) is 26.6 Å². The maximum absolute atomic E-state index is 9.42. The highest BCUT2D eigenvalue weighted by Gasteiger charge is 2.30. The zero-order chi connectivity index (χ0) is 10.0. The Hall–Kier alpha value is -0.0301. The van der Waals surface area contributed by atoms with E-state index >= 15 is 0 Å². The predicted molar refractivity (Wildman–Crippen MR) is 55.4 cm³/mol. The second-order valence-electron chi connectivity index (χ2n) is 3.85. The van der Waals surface area contributed by atoms with Gasteiger partial charge in [0, 0.05) is 25.7 Å². The SMILES string of the molecule is CB(O)N1CCN(B(C)O)[C@@H](C)C1. The van der Waals surface area contributed by atoms with Crippen molar-refractivity contribution in [1.29, 1.82) is 0 Å². The molecule has 1 saturated heterocycles. The molecule has 1 aliphatic rings. The Labute approximate surface area is 80.8 Å². The molecular formula is C7H18B2N2O2. The maximum Gasteiger partial charge on any atom is 0.376 e. The van der Waals surface area contributed by atoms with E-state index in [0.717, 1.165) is 19.6 Å². The van der Waals surface area contributed by atoms with Gasteiger partial charge in [-0.05, 0) is 20.6 Å². The van der Waals surface area contributed by atoms with E-state index in [0.29, 0.717) is 6.04 Å². The van der Waals surface area contributed by atoms with Crippen molar-refractivity contribution >= 4 is 14.1 Å². The first-order valence-corrected chi connectivity index (χ1v) is 4.88. The fourth-order valence-electron chi connectivity index (χ4n) is 1.89. The van der Waals surface area contributed by atoms with Crippen LogP contribution in [0.15, 0.2) is 0 Å². The van der Waals surface area contributed by atoms with Crippen LogP contribution in [0.25, 0.3) is 0 Å². The highest BCUT2D eigenvalue weighted by Crippen LogP contribution is 2.10. The summed E-state index contributed by atoms with van der Waals surface area (Å²) < 4.78 is 0. The molecule has 74 valence electrons. The zero-order valence-electron chi connectivity index (χ0n) is 8.64. The van der Waals surface area contributed by atoms with Crippen LogP contribution in [0.2, 0.25) is 13.6 Å². The van der Waals surface area contributed by atoms with Crippen molar-refractivity contribution < 1.29 is 10.0 Å². The molecular weight excluding hydrogens is 166 g/mol. The largest absolute Gasteiger partial charge is 0.437 e. The minimum atomic E-state index is -0.383. The van der Waals surface area contributed by atoms with Gasteiger partial charge in [-0.2, -0.15) is 0 Å². The second-order valence-corrected chi connectivity index (χ2v) is 3.85. The van der Waals surface area contributed by atoms with E-state index in [-0.39, 0.29) is 14.1 Å². The van der Waals surface area contributed by atoms with Crippen molar-refractivity contribution in [1.82, 2.24) is 9.62 Å². The van der Waals surface area contributed by atoms with Crippen LogP contribution in [0, 0.1) is 0 Å². The molecule has 0 unspecified atom stereocenters. The van der Waals surface area contributed by atoms with E-state index < -0.39 is 0 Å². The van der Waals surface area contributed by atoms with Gasteiger partial charge in [-0.15, -0.1) is 0 Å². The summed E-state index contributed by atoms with van der Waals surface area (Å²) in [5.41, 5.74) is 0. The lowest BCUT2D eigenvalue weighted by molar-refractivity contribution is 0.178. The molecule has 0 aromatic heterocycles. The number of nitrogens with zero attached hydrogens (tertiary/aromatic N) is 2. The molecule has 2 N–H and O–H groups in total. The van der Waals surface area contributed by atoms with E-state index in [1.165, 1.54) is 0 Å². The summed E-state index contributed by atoms with van der Waals surface area (Å²) in [6.45, 7) is 8.11. The summed E-state index contributed by atoms with van der Waals surface area (Å²) in [7, 11) is -0.759. The van der Waals surface area contributed by atoms with E-state index in [1.54, 1.807) is 13.6 Å². The van der Waals surface area contributed by atoms with Gasteiger partial charge < -0.3 is 19.7 Å². The van der Waals surface area contributed by atoms with Crippen molar-refractivity contribution in [2.24, 2.45) is 0 Å². The minimum Gasteiger partial charge on any atom is -0.437 e. The molecule has 4 nitrogen and oxygen atoms in total. The predicted octanol–water partition coefficient (Wildman–Crippen LogP) is -0.787. The second kappa shape index (κ2) is 4.46. The quantitative estimate of drug-likeness (QED) is 0.552. The van der Waals surface area contributed by atoms with Gasteiger partial charge in [0.15, 0.2) is 0 Å². The first kappa shape index (κ1) is 11.0. The molecule has 0 saturated carbocycles. The van der Waals surface area contributed by atoms with Crippen molar-refractivity contribution in [3.05, 3.63) is 0 Å². The smallest absolute Gasteiger partial charge is 0.376 e. The van der Waals surface area contributed by atoms with E-state index in [4.69, 9.17) is 0 Å².